The molecular formula is C12H13NO3. The van der Waals surface area contributed by atoms with E-state index in [1.807, 2.05) is 30.3 Å². The van der Waals surface area contributed by atoms with Crippen molar-refractivity contribution < 1.29 is 13.9 Å². The molecule has 1 aromatic heterocycles. The van der Waals surface area contributed by atoms with Gasteiger partial charge in [0.25, 0.3) is 0 Å². The van der Waals surface area contributed by atoms with E-state index in [1.54, 1.807) is 0 Å². The first-order valence-electron chi connectivity index (χ1n) is 5.02. The second kappa shape index (κ2) is 4.81. The lowest BCUT2D eigenvalue weighted by atomic mass is 10.2. The summed E-state index contributed by atoms with van der Waals surface area (Å²) in [7, 11) is 1.49. The number of hydrogen-bond acceptors (Lipinski definition) is 3. The van der Waals surface area contributed by atoms with Crippen LogP contribution in [0.3, 0.4) is 0 Å². The molecule has 2 rings (SSSR count). The molecule has 0 saturated heterocycles. The van der Waals surface area contributed by atoms with E-state index in [-0.39, 0.29) is 12.5 Å². The fourth-order valence-corrected chi connectivity index (χ4v) is 1.49. The number of hydrogen-bond donors (Lipinski definition) is 1. The monoisotopic (exact) mass is 219 g/mol. The Labute approximate surface area is 93.2 Å². The van der Waals surface area contributed by atoms with Crippen molar-refractivity contribution in [3.05, 3.63) is 36.1 Å². The van der Waals surface area contributed by atoms with Crippen molar-refractivity contribution in [2.24, 2.45) is 0 Å². The van der Waals surface area contributed by atoms with Crippen LogP contribution >= 0.6 is 0 Å². The molecule has 0 spiro atoms. The van der Waals surface area contributed by atoms with Gasteiger partial charge in [0.15, 0.2) is 0 Å². The summed E-state index contributed by atoms with van der Waals surface area (Å²) in [4.78, 5) is 11.2. The molecule has 1 aromatic carbocycles. The number of rotatable bonds is 4. The predicted octanol–water partition coefficient (Wildman–Crippen LogP) is 1.70. The Hall–Kier alpha value is -1.81. The normalized spacial score (nSPS) is 10.6. The van der Waals surface area contributed by atoms with Gasteiger partial charge < -0.3 is 14.5 Å². The summed E-state index contributed by atoms with van der Waals surface area (Å²) in [5, 5.41) is 3.74. The highest BCUT2D eigenvalue weighted by molar-refractivity contribution is 5.79. The summed E-state index contributed by atoms with van der Waals surface area (Å²) in [6, 6.07) is 9.65. The molecule has 1 N–H and O–H groups in total. The molecule has 0 radical (unpaired) electrons. The van der Waals surface area contributed by atoms with Crippen molar-refractivity contribution in [1.82, 2.24) is 5.32 Å². The minimum absolute atomic E-state index is 0.0697. The Kier molecular flexibility index (Phi) is 3.22. The van der Waals surface area contributed by atoms with Gasteiger partial charge in [-0.15, -0.1) is 0 Å². The van der Waals surface area contributed by atoms with Gasteiger partial charge in [-0.25, -0.2) is 0 Å². The molecule has 0 bridgehead atoms. The molecule has 0 aliphatic rings. The molecule has 0 aliphatic heterocycles. The Bertz CT molecular complexity index is 457. The van der Waals surface area contributed by atoms with Gasteiger partial charge in [0.1, 0.15) is 18.0 Å². The number of carbonyl (C=O) groups excluding carboxylic acids is 1. The van der Waals surface area contributed by atoms with Gasteiger partial charge in [0, 0.05) is 12.5 Å². The van der Waals surface area contributed by atoms with Crippen LogP contribution in [0, 0.1) is 0 Å². The van der Waals surface area contributed by atoms with Gasteiger partial charge in [-0.3, -0.25) is 4.79 Å². The first kappa shape index (κ1) is 10.7. The number of ether oxygens (including phenoxy) is 1. The highest BCUT2D eigenvalue weighted by Gasteiger charge is 2.04. The lowest BCUT2D eigenvalue weighted by molar-refractivity contribution is -0.124. The van der Waals surface area contributed by atoms with Gasteiger partial charge in [0.2, 0.25) is 5.91 Å². The zero-order valence-electron chi connectivity index (χ0n) is 9.03. The van der Waals surface area contributed by atoms with E-state index in [0.29, 0.717) is 6.54 Å². The smallest absolute Gasteiger partial charge is 0.246 e. The summed E-state index contributed by atoms with van der Waals surface area (Å²) in [6.45, 7) is 0.455. The lowest BCUT2D eigenvalue weighted by Gasteiger charge is -2.00. The highest BCUT2D eigenvalue weighted by Crippen LogP contribution is 2.18. The number of carbonyl (C=O) groups is 1. The van der Waals surface area contributed by atoms with Crippen molar-refractivity contribution >= 4 is 16.9 Å². The van der Waals surface area contributed by atoms with Crippen molar-refractivity contribution in [2.75, 3.05) is 13.7 Å². The van der Waals surface area contributed by atoms with Crippen LogP contribution in [0.5, 0.6) is 0 Å². The minimum atomic E-state index is -0.150. The molecule has 0 fully saturated rings. The maximum absolute atomic E-state index is 11.2. The van der Waals surface area contributed by atoms with Crippen LogP contribution in [-0.2, 0) is 16.1 Å². The van der Waals surface area contributed by atoms with Crippen molar-refractivity contribution in [3.8, 4) is 0 Å². The van der Waals surface area contributed by atoms with Crippen molar-refractivity contribution in [2.45, 2.75) is 6.54 Å². The standard InChI is InChI=1S/C12H13NO3/c1-15-8-12(14)13-7-10-6-9-4-2-3-5-11(9)16-10/h2-6H,7-8H2,1H3,(H,13,14). The Morgan fingerprint density at radius 3 is 3.00 bits per heavy atom. The lowest BCUT2D eigenvalue weighted by Crippen LogP contribution is -2.26. The van der Waals surface area contributed by atoms with Crippen molar-refractivity contribution in [1.29, 1.82) is 0 Å². The van der Waals surface area contributed by atoms with Crippen LogP contribution in [0.4, 0.5) is 0 Å². The molecule has 2 aromatic rings. The zero-order valence-corrected chi connectivity index (χ0v) is 9.03. The van der Waals surface area contributed by atoms with E-state index in [0.717, 1.165) is 16.7 Å². The number of benzene rings is 1. The Balaban J connectivity index is 2.02. The summed E-state index contributed by atoms with van der Waals surface area (Å²) in [5.74, 6) is 0.591. The zero-order chi connectivity index (χ0) is 11.4. The van der Waals surface area contributed by atoms with Crippen LogP contribution in [0.2, 0.25) is 0 Å². The third kappa shape index (κ3) is 2.41. The van der Waals surface area contributed by atoms with Gasteiger partial charge in [0.05, 0.1) is 6.54 Å². The first-order chi connectivity index (χ1) is 7.79. The maximum atomic E-state index is 11.2. The van der Waals surface area contributed by atoms with E-state index in [1.165, 1.54) is 7.11 Å². The molecular weight excluding hydrogens is 206 g/mol. The molecule has 0 aliphatic carbocycles. The van der Waals surface area contributed by atoms with Crippen LogP contribution in [0.1, 0.15) is 5.76 Å². The summed E-state index contributed by atoms with van der Waals surface area (Å²) >= 11 is 0. The molecule has 16 heavy (non-hydrogen) atoms. The Morgan fingerprint density at radius 1 is 1.44 bits per heavy atom. The van der Waals surface area contributed by atoms with Crippen LogP contribution in [0.25, 0.3) is 11.0 Å². The highest BCUT2D eigenvalue weighted by atomic mass is 16.5. The topological polar surface area (TPSA) is 51.5 Å². The van der Waals surface area contributed by atoms with E-state index < -0.39 is 0 Å². The number of methoxy groups -OCH3 is 1. The molecule has 4 heteroatoms. The number of furan rings is 1. The quantitative estimate of drug-likeness (QED) is 0.851. The third-order valence-electron chi connectivity index (χ3n) is 2.21. The van der Waals surface area contributed by atoms with Crippen molar-refractivity contribution in [3.63, 3.8) is 0 Å². The van der Waals surface area contributed by atoms with Gasteiger partial charge in [-0.05, 0) is 12.1 Å². The van der Waals surface area contributed by atoms with Gasteiger partial charge in [-0.1, -0.05) is 18.2 Å². The van der Waals surface area contributed by atoms with E-state index in [9.17, 15) is 4.79 Å². The number of fused-ring (bicyclic) bond motifs is 1. The second-order valence-electron chi connectivity index (χ2n) is 3.46. The fraction of sp³-hybridized carbons (Fsp3) is 0.250. The predicted molar refractivity (Wildman–Crippen MR) is 59.9 cm³/mol. The first-order valence-corrected chi connectivity index (χ1v) is 5.02. The largest absolute Gasteiger partial charge is 0.459 e. The summed E-state index contributed by atoms with van der Waals surface area (Å²) < 4.78 is 10.2. The number of para-hydroxylation sites is 1. The maximum Gasteiger partial charge on any atom is 0.246 e. The summed E-state index contributed by atoms with van der Waals surface area (Å²) in [6.07, 6.45) is 0. The average Bonchev–Trinajstić information content (AvgIpc) is 2.69. The molecule has 1 heterocycles. The molecule has 1 amide bonds. The molecule has 0 saturated carbocycles. The van der Waals surface area contributed by atoms with Crippen LogP contribution in [0.15, 0.2) is 34.7 Å². The molecule has 84 valence electrons. The number of nitrogens with one attached hydrogen (secondary N) is 1. The summed E-state index contributed by atoms with van der Waals surface area (Å²) in [5.41, 5.74) is 0.832. The fourth-order valence-electron chi connectivity index (χ4n) is 1.49. The minimum Gasteiger partial charge on any atom is -0.459 e. The Morgan fingerprint density at radius 2 is 2.25 bits per heavy atom. The third-order valence-corrected chi connectivity index (χ3v) is 2.21. The van der Waals surface area contributed by atoms with Crippen LogP contribution < -0.4 is 5.32 Å². The van der Waals surface area contributed by atoms with E-state index in [2.05, 4.69) is 5.32 Å². The SMILES string of the molecule is COCC(=O)NCc1cc2ccccc2o1. The average molecular weight is 219 g/mol. The molecule has 0 unspecified atom stereocenters. The van der Waals surface area contributed by atoms with E-state index in [4.69, 9.17) is 9.15 Å². The van der Waals surface area contributed by atoms with Gasteiger partial charge >= 0.3 is 0 Å². The number of amides is 1. The van der Waals surface area contributed by atoms with Gasteiger partial charge in [-0.2, -0.15) is 0 Å². The molecule has 4 nitrogen and oxygen atoms in total. The second-order valence-corrected chi connectivity index (χ2v) is 3.46. The molecule has 0 atom stereocenters. The van der Waals surface area contributed by atoms with Crippen LogP contribution in [-0.4, -0.2) is 19.6 Å². The van der Waals surface area contributed by atoms with E-state index >= 15 is 0 Å².